The molecule has 0 aliphatic carbocycles. The number of aromatic nitrogens is 3. The van der Waals surface area contributed by atoms with Crippen LogP contribution < -0.4 is 5.73 Å². The van der Waals surface area contributed by atoms with E-state index < -0.39 is 9.84 Å². The van der Waals surface area contributed by atoms with Gasteiger partial charge in [-0.05, 0) is 18.6 Å². The Morgan fingerprint density at radius 2 is 2.11 bits per heavy atom. The maximum absolute atomic E-state index is 11.4. The van der Waals surface area contributed by atoms with Crippen LogP contribution in [0.1, 0.15) is 11.3 Å². The highest BCUT2D eigenvalue weighted by atomic mass is 32.2. The average Bonchev–Trinajstić information content (AvgIpc) is 2.77. The first-order valence-electron chi connectivity index (χ1n) is 5.33. The van der Waals surface area contributed by atoms with Crippen LogP contribution >= 0.6 is 0 Å². The molecule has 0 unspecified atom stereocenters. The summed E-state index contributed by atoms with van der Waals surface area (Å²) in [5.41, 5.74) is 7.32. The second-order valence-corrected chi connectivity index (χ2v) is 6.03. The second kappa shape index (κ2) is 4.51. The van der Waals surface area contributed by atoms with Crippen LogP contribution in [0.3, 0.4) is 0 Å². The molecule has 0 saturated heterocycles. The molecule has 2 N–H and O–H groups in total. The Kier molecular flexibility index (Phi) is 3.18. The van der Waals surface area contributed by atoms with Gasteiger partial charge in [-0.25, -0.2) is 18.1 Å². The number of aryl methyl sites for hydroxylation is 1. The molecule has 0 amide bonds. The number of hydrogen-bond donors (Lipinski definition) is 1. The van der Waals surface area contributed by atoms with E-state index in [1.165, 1.54) is 17.1 Å². The van der Waals surface area contributed by atoms with Crippen molar-refractivity contribution in [1.82, 2.24) is 14.8 Å². The van der Waals surface area contributed by atoms with Gasteiger partial charge in [0.1, 0.15) is 4.90 Å². The van der Waals surface area contributed by atoms with Crippen molar-refractivity contribution in [2.75, 3.05) is 6.26 Å². The van der Waals surface area contributed by atoms with Gasteiger partial charge in [0.25, 0.3) is 0 Å². The molecular formula is C11H14N4O2S. The maximum atomic E-state index is 11.4. The fourth-order valence-electron chi connectivity index (χ4n) is 1.54. The highest BCUT2D eigenvalue weighted by molar-refractivity contribution is 7.90. The lowest BCUT2D eigenvalue weighted by Crippen LogP contribution is -2.05. The van der Waals surface area contributed by atoms with Crippen LogP contribution in [0.15, 0.2) is 29.4 Å². The van der Waals surface area contributed by atoms with Crippen molar-refractivity contribution >= 4 is 9.84 Å². The average molecular weight is 266 g/mol. The zero-order chi connectivity index (χ0) is 13.3. The molecule has 0 bridgehead atoms. The Hall–Kier alpha value is -1.73. The Labute approximate surface area is 105 Å². The van der Waals surface area contributed by atoms with Crippen molar-refractivity contribution in [3.63, 3.8) is 0 Å². The van der Waals surface area contributed by atoms with Gasteiger partial charge in [0.2, 0.25) is 0 Å². The molecule has 18 heavy (non-hydrogen) atoms. The van der Waals surface area contributed by atoms with E-state index in [1.807, 2.05) is 13.0 Å². The highest BCUT2D eigenvalue weighted by Crippen LogP contribution is 2.12. The number of nitrogens with zero attached hydrogens (tertiary/aromatic N) is 3. The fourth-order valence-corrected chi connectivity index (χ4v) is 2.07. The first-order valence-corrected chi connectivity index (χ1v) is 7.22. The SMILES string of the molecule is Cc1nc(-n2cc(S(C)(=O)=O)cn2)ccc1CN. The monoisotopic (exact) mass is 266 g/mol. The van der Waals surface area contributed by atoms with Gasteiger partial charge in [-0.15, -0.1) is 0 Å². The lowest BCUT2D eigenvalue weighted by molar-refractivity contribution is 0.602. The summed E-state index contributed by atoms with van der Waals surface area (Å²) in [5, 5.41) is 3.99. The van der Waals surface area contributed by atoms with Gasteiger partial charge in [-0.3, -0.25) is 0 Å². The molecule has 0 aromatic carbocycles. The first kappa shape index (κ1) is 12.7. The molecule has 96 valence electrons. The predicted octanol–water partition coefficient (Wildman–Crippen LogP) is 0.438. The Balaban J connectivity index is 2.44. The van der Waals surface area contributed by atoms with Crippen molar-refractivity contribution in [2.24, 2.45) is 5.73 Å². The van der Waals surface area contributed by atoms with Crippen molar-refractivity contribution in [3.8, 4) is 5.82 Å². The molecule has 2 heterocycles. The van der Waals surface area contributed by atoms with Crippen LogP contribution in [-0.4, -0.2) is 29.4 Å². The zero-order valence-corrected chi connectivity index (χ0v) is 11.0. The lowest BCUT2D eigenvalue weighted by Gasteiger charge is -2.05. The summed E-state index contributed by atoms with van der Waals surface area (Å²) in [5.74, 6) is 0.569. The Morgan fingerprint density at radius 1 is 1.39 bits per heavy atom. The van der Waals surface area contributed by atoms with Gasteiger partial charge in [0.05, 0.1) is 12.4 Å². The molecular weight excluding hydrogens is 252 g/mol. The molecule has 0 aliphatic heterocycles. The van der Waals surface area contributed by atoms with Crippen molar-refractivity contribution in [3.05, 3.63) is 35.8 Å². The smallest absolute Gasteiger partial charge is 0.178 e. The van der Waals surface area contributed by atoms with E-state index in [2.05, 4.69) is 10.1 Å². The second-order valence-electron chi connectivity index (χ2n) is 4.01. The molecule has 0 saturated carbocycles. The van der Waals surface area contributed by atoms with Gasteiger partial charge < -0.3 is 5.73 Å². The van der Waals surface area contributed by atoms with E-state index in [-0.39, 0.29) is 4.90 Å². The zero-order valence-electron chi connectivity index (χ0n) is 10.2. The van der Waals surface area contributed by atoms with E-state index in [0.717, 1.165) is 17.5 Å². The molecule has 0 radical (unpaired) electrons. The van der Waals surface area contributed by atoms with Crippen molar-refractivity contribution in [2.45, 2.75) is 18.4 Å². The van der Waals surface area contributed by atoms with Gasteiger partial charge in [-0.2, -0.15) is 5.10 Å². The van der Waals surface area contributed by atoms with Crippen molar-refractivity contribution < 1.29 is 8.42 Å². The molecule has 6 nitrogen and oxygen atoms in total. The molecule has 0 aliphatic rings. The third-order valence-corrected chi connectivity index (χ3v) is 3.69. The minimum absolute atomic E-state index is 0.171. The lowest BCUT2D eigenvalue weighted by atomic mass is 10.2. The highest BCUT2D eigenvalue weighted by Gasteiger charge is 2.11. The predicted molar refractivity (Wildman–Crippen MR) is 67.1 cm³/mol. The van der Waals surface area contributed by atoms with Gasteiger partial charge in [0.15, 0.2) is 15.7 Å². The summed E-state index contributed by atoms with van der Waals surface area (Å²) in [6, 6.07) is 3.62. The number of nitrogens with two attached hydrogens (primary N) is 1. The Morgan fingerprint density at radius 3 is 2.61 bits per heavy atom. The fraction of sp³-hybridized carbons (Fsp3) is 0.273. The van der Waals surface area contributed by atoms with Gasteiger partial charge in [-0.1, -0.05) is 6.07 Å². The molecule has 7 heteroatoms. The van der Waals surface area contributed by atoms with Crippen LogP contribution in [0, 0.1) is 6.92 Å². The minimum atomic E-state index is -3.24. The minimum Gasteiger partial charge on any atom is -0.326 e. The quantitative estimate of drug-likeness (QED) is 0.870. The number of rotatable bonds is 3. The summed E-state index contributed by atoms with van der Waals surface area (Å²) >= 11 is 0. The molecule has 0 spiro atoms. The summed E-state index contributed by atoms with van der Waals surface area (Å²) in [7, 11) is -3.24. The van der Waals surface area contributed by atoms with E-state index >= 15 is 0 Å². The van der Waals surface area contributed by atoms with Gasteiger partial charge in [0, 0.05) is 18.5 Å². The van der Waals surface area contributed by atoms with Crippen molar-refractivity contribution in [1.29, 1.82) is 0 Å². The molecule has 2 aromatic rings. The third-order valence-electron chi connectivity index (χ3n) is 2.62. The van der Waals surface area contributed by atoms with E-state index in [9.17, 15) is 8.42 Å². The van der Waals surface area contributed by atoms with E-state index in [4.69, 9.17) is 5.73 Å². The first-order chi connectivity index (χ1) is 8.41. The summed E-state index contributed by atoms with van der Waals surface area (Å²) < 4.78 is 24.1. The molecule has 0 atom stereocenters. The Bertz CT molecular complexity index is 676. The summed E-state index contributed by atoms with van der Waals surface area (Å²) in [6.07, 6.45) is 3.90. The van der Waals surface area contributed by atoms with Crippen LogP contribution in [0.5, 0.6) is 0 Å². The number of pyridine rings is 1. The number of hydrogen-bond acceptors (Lipinski definition) is 5. The summed E-state index contributed by atoms with van der Waals surface area (Å²) in [6.45, 7) is 2.28. The largest absolute Gasteiger partial charge is 0.326 e. The standard InChI is InChI=1S/C11H14N4O2S/c1-8-9(5-12)3-4-11(14-8)15-7-10(6-13-15)18(2,16)17/h3-4,6-7H,5,12H2,1-2H3. The molecule has 0 fully saturated rings. The van der Waals surface area contributed by atoms with Crippen LogP contribution in [0.4, 0.5) is 0 Å². The van der Waals surface area contributed by atoms with E-state index in [1.54, 1.807) is 6.07 Å². The topological polar surface area (TPSA) is 90.9 Å². The van der Waals surface area contributed by atoms with Crippen LogP contribution in [0.2, 0.25) is 0 Å². The maximum Gasteiger partial charge on any atom is 0.178 e. The van der Waals surface area contributed by atoms with E-state index in [0.29, 0.717) is 12.4 Å². The van der Waals surface area contributed by atoms with Gasteiger partial charge >= 0.3 is 0 Å². The normalized spacial score (nSPS) is 11.7. The number of sulfone groups is 1. The molecule has 2 aromatic heterocycles. The van der Waals surface area contributed by atoms with Crippen LogP contribution in [0.25, 0.3) is 5.82 Å². The molecule has 2 rings (SSSR count). The summed E-state index contributed by atoms with van der Waals surface area (Å²) in [4.78, 5) is 4.51. The third kappa shape index (κ3) is 2.41. The van der Waals surface area contributed by atoms with Crippen LogP contribution in [-0.2, 0) is 16.4 Å².